The molecule has 2 saturated carbocycles. The molecule has 162 valence electrons. The van der Waals surface area contributed by atoms with E-state index in [4.69, 9.17) is 11.6 Å². The maximum Gasteiger partial charge on any atom is 0.341 e. The van der Waals surface area contributed by atoms with E-state index in [2.05, 4.69) is 0 Å². The lowest BCUT2D eigenvalue weighted by Crippen LogP contribution is -2.23. The Labute approximate surface area is 177 Å². The van der Waals surface area contributed by atoms with E-state index in [1.807, 2.05) is 0 Å². The molecule has 1 spiro atoms. The lowest BCUT2D eigenvalue weighted by Gasteiger charge is -2.22. The fourth-order valence-electron chi connectivity index (χ4n) is 5.19. The highest BCUT2D eigenvalue weighted by Crippen LogP contribution is 2.53. The van der Waals surface area contributed by atoms with Gasteiger partial charge in [-0.1, -0.05) is 0 Å². The molecule has 5 N–H and O–H groups in total. The zero-order valence-electron chi connectivity index (χ0n) is 16.3. The largest absolute Gasteiger partial charge is 0.477 e. The Balaban J connectivity index is 0.00000218. The highest BCUT2D eigenvalue weighted by molar-refractivity contribution is 5.99. The third kappa shape index (κ3) is 2.75. The number of alkyl halides is 1. The Hall–Kier alpha value is -2.23. The van der Waals surface area contributed by atoms with Crippen LogP contribution in [0.3, 0.4) is 0 Å². The Bertz CT molecular complexity index is 1150. The zero-order chi connectivity index (χ0) is 20.8. The zero-order valence-corrected chi connectivity index (χ0v) is 17.1. The van der Waals surface area contributed by atoms with Gasteiger partial charge in [0.15, 0.2) is 5.82 Å². The number of hydrogen-bond donors (Lipinski definition) is 3. The molecule has 10 heteroatoms. The lowest BCUT2D eigenvalue weighted by atomic mass is 9.88. The first-order valence-corrected chi connectivity index (χ1v) is 9.72. The van der Waals surface area contributed by atoms with Crippen molar-refractivity contribution in [1.29, 1.82) is 0 Å². The molecule has 1 aliphatic heterocycles. The summed E-state index contributed by atoms with van der Waals surface area (Å²) in [6, 6.07) is -0.578. The van der Waals surface area contributed by atoms with E-state index in [1.54, 1.807) is 11.9 Å². The number of pyridine rings is 1. The lowest BCUT2D eigenvalue weighted by molar-refractivity contribution is 0.0694. The molecule has 7 nitrogen and oxygen atoms in total. The fraction of sp³-hybridized carbons (Fsp3) is 0.500. The van der Waals surface area contributed by atoms with Crippen molar-refractivity contribution in [2.75, 3.05) is 12.3 Å². The maximum absolute atomic E-state index is 15.4. The van der Waals surface area contributed by atoms with Gasteiger partial charge in [0, 0.05) is 24.7 Å². The number of carboxylic acid groups (broad SMARTS) is 1. The Kier molecular flexibility index (Phi) is 4.65. The van der Waals surface area contributed by atoms with Crippen molar-refractivity contribution >= 4 is 35.0 Å². The third-order valence-electron chi connectivity index (χ3n) is 6.97. The molecule has 5 rings (SSSR count). The molecule has 1 aromatic heterocycles. The summed E-state index contributed by atoms with van der Waals surface area (Å²) in [5.41, 5.74) is 5.50. The van der Waals surface area contributed by atoms with Crippen molar-refractivity contribution < 1.29 is 18.7 Å². The van der Waals surface area contributed by atoms with Gasteiger partial charge < -0.3 is 15.4 Å². The van der Waals surface area contributed by atoms with Crippen LogP contribution >= 0.6 is 12.4 Å². The number of hydrazine groups is 1. The van der Waals surface area contributed by atoms with Crippen molar-refractivity contribution in [1.82, 2.24) is 9.58 Å². The number of nitrogen functional groups attached to an aromatic ring is 1. The quantitative estimate of drug-likeness (QED) is 0.384. The van der Waals surface area contributed by atoms with E-state index in [0.717, 1.165) is 19.4 Å². The standard InChI is InChI=1S/C20H22F2N4O3.ClH/c1-8-13(9-2-3-20(5-9)7-26(20)24)15(22)16(23)14-17(8)25(12-4-11(12)21)6-10(18(14)27)19(28)29;/h6,9,11-12H,2-5,7,23-24H2,1H3,(H,28,29);1H/t9?,11-,12+,20?,26?;/m0./s1. The second kappa shape index (κ2) is 6.63. The number of hydrogen-bond acceptors (Lipinski definition) is 5. The van der Waals surface area contributed by atoms with Crippen LogP contribution in [0, 0.1) is 12.7 Å². The molecule has 3 fully saturated rings. The number of nitrogens with zero attached hydrogens (tertiary/aromatic N) is 2. The number of rotatable bonds is 3. The van der Waals surface area contributed by atoms with Gasteiger partial charge in [-0.15, -0.1) is 12.4 Å². The summed E-state index contributed by atoms with van der Waals surface area (Å²) in [5.74, 6) is 3.68. The van der Waals surface area contributed by atoms with Crippen LogP contribution in [0.5, 0.6) is 0 Å². The van der Waals surface area contributed by atoms with Gasteiger partial charge >= 0.3 is 5.97 Å². The molecule has 30 heavy (non-hydrogen) atoms. The molecule has 0 radical (unpaired) electrons. The molecule has 3 aliphatic rings. The first-order valence-electron chi connectivity index (χ1n) is 9.72. The molecule has 1 aromatic carbocycles. The molecule has 5 atom stereocenters. The summed E-state index contributed by atoms with van der Waals surface area (Å²) in [4.78, 5) is 24.4. The summed E-state index contributed by atoms with van der Waals surface area (Å²) >= 11 is 0. The molecule has 1 saturated heterocycles. The molecular formula is C20H23ClF2N4O3. The number of halogens is 3. The fourth-order valence-corrected chi connectivity index (χ4v) is 5.19. The minimum absolute atomic E-state index is 0. The average molecular weight is 441 g/mol. The molecule has 2 aliphatic carbocycles. The minimum Gasteiger partial charge on any atom is -0.477 e. The second-order valence-electron chi connectivity index (χ2n) is 8.69. The molecule has 3 unspecified atom stereocenters. The van der Waals surface area contributed by atoms with Gasteiger partial charge in [0.2, 0.25) is 5.43 Å². The van der Waals surface area contributed by atoms with Crippen molar-refractivity contribution in [3.05, 3.63) is 38.9 Å². The normalized spacial score (nSPS) is 31.7. The molecule has 0 amide bonds. The predicted octanol–water partition coefficient (Wildman–Crippen LogP) is 2.63. The number of fused-ring (bicyclic) bond motifs is 1. The SMILES string of the molecule is Cc1c(C2CCC3(C2)CN3N)c(F)c(N)c2c(=O)c(C(=O)O)cn([C@@H]3C[C@@H]3F)c12.Cl. The summed E-state index contributed by atoms with van der Waals surface area (Å²) < 4.78 is 30.8. The average Bonchev–Trinajstić information content (AvgIpc) is 3.47. The monoisotopic (exact) mass is 440 g/mol. The smallest absolute Gasteiger partial charge is 0.341 e. The van der Waals surface area contributed by atoms with E-state index in [1.165, 1.54) is 10.8 Å². The second-order valence-corrected chi connectivity index (χ2v) is 8.69. The number of nitrogens with two attached hydrogens (primary N) is 2. The predicted molar refractivity (Wildman–Crippen MR) is 110 cm³/mol. The number of carbonyl (C=O) groups is 1. The Morgan fingerprint density at radius 2 is 2.03 bits per heavy atom. The van der Waals surface area contributed by atoms with Gasteiger partial charge in [0.05, 0.1) is 22.6 Å². The maximum atomic E-state index is 15.4. The van der Waals surface area contributed by atoms with Crippen molar-refractivity contribution in [3.63, 3.8) is 0 Å². The van der Waals surface area contributed by atoms with Crippen LogP contribution in [0.15, 0.2) is 11.0 Å². The third-order valence-corrected chi connectivity index (χ3v) is 6.97. The first-order chi connectivity index (χ1) is 13.7. The van der Waals surface area contributed by atoms with Crippen LogP contribution in [0.2, 0.25) is 0 Å². The van der Waals surface area contributed by atoms with Crippen LogP contribution in [0.1, 0.15) is 59.1 Å². The number of anilines is 1. The molecule has 0 bridgehead atoms. The van der Waals surface area contributed by atoms with Gasteiger partial charge in [-0.3, -0.25) is 10.6 Å². The van der Waals surface area contributed by atoms with Crippen molar-refractivity contribution in [2.24, 2.45) is 5.84 Å². The highest BCUT2D eigenvalue weighted by Gasteiger charge is 2.55. The van der Waals surface area contributed by atoms with Gasteiger partial charge in [0.1, 0.15) is 11.7 Å². The highest BCUT2D eigenvalue weighted by atomic mass is 35.5. The topological polar surface area (TPSA) is 114 Å². The van der Waals surface area contributed by atoms with E-state index in [9.17, 15) is 19.1 Å². The van der Waals surface area contributed by atoms with Crippen LogP contribution in [0.25, 0.3) is 10.9 Å². The Morgan fingerprint density at radius 3 is 2.53 bits per heavy atom. The van der Waals surface area contributed by atoms with Crippen LogP contribution in [-0.4, -0.2) is 38.9 Å². The molecular weight excluding hydrogens is 418 g/mol. The summed E-state index contributed by atoms with van der Waals surface area (Å²) in [6.45, 7) is 2.47. The number of aromatic carboxylic acids is 1. The van der Waals surface area contributed by atoms with Gasteiger partial charge in [-0.25, -0.2) is 18.6 Å². The summed E-state index contributed by atoms with van der Waals surface area (Å²) in [7, 11) is 0. The van der Waals surface area contributed by atoms with Crippen LogP contribution in [-0.2, 0) is 0 Å². The number of aromatic nitrogens is 1. The Morgan fingerprint density at radius 1 is 1.40 bits per heavy atom. The number of carboxylic acids is 1. The first kappa shape index (κ1) is 21.0. The molecule has 2 heterocycles. The number of aryl methyl sites for hydroxylation is 1. The van der Waals surface area contributed by atoms with Crippen molar-refractivity contribution in [2.45, 2.75) is 56.3 Å². The van der Waals surface area contributed by atoms with E-state index < -0.39 is 35.0 Å². The number of benzene rings is 1. The summed E-state index contributed by atoms with van der Waals surface area (Å²) in [5, 5.41) is 11.0. The van der Waals surface area contributed by atoms with E-state index in [-0.39, 0.29) is 41.4 Å². The summed E-state index contributed by atoms with van der Waals surface area (Å²) in [6.07, 6.45) is 2.54. The minimum atomic E-state index is -1.45. The van der Waals surface area contributed by atoms with Crippen LogP contribution < -0.4 is 17.0 Å². The van der Waals surface area contributed by atoms with Gasteiger partial charge in [0.25, 0.3) is 0 Å². The van der Waals surface area contributed by atoms with Gasteiger partial charge in [-0.05, 0) is 43.2 Å². The van der Waals surface area contributed by atoms with Gasteiger partial charge in [-0.2, -0.15) is 0 Å². The van der Waals surface area contributed by atoms with E-state index in [0.29, 0.717) is 23.1 Å². The molecule has 2 aromatic rings. The van der Waals surface area contributed by atoms with Crippen molar-refractivity contribution in [3.8, 4) is 0 Å². The van der Waals surface area contributed by atoms with Crippen LogP contribution in [0.4, 0.5) is 14.5 Å². The van der Waals surface area contributed by atoms with E-state index >= 15 is 4.39 Å².